The molecule has 0 spiro atoms. The molecular weight excluding hydrogens is 349 g/mol. The molecule has 0 amide bonds. The van der Waals surface area contributed by atoms with Crippen molar-refractivity contribution < 1.29 is 4.79 Å². The van der Waals surface area contributed by atoms with Crippen LogP contribution >= 0.6 is 39.1 Å². The fourth-order valence-electron chi connectivity index (χ4n) is 1.57. The molecular formula is C14H10BrCl2NO. The molecule has 0 atom stereocenters. The molecule has 0 bridgehead atoms. The average Bonchev–Trinajstić information content (AvgIpc) is 2.36. The summed E-state index contributed by atoms with van der Waals surface area (Å²) in [6, 6.07) is 12.3. The van der Waals surface area contributed by atoms with E-state index >= 15 is 0 Å². The lowest BCUT2D eigenvalue weighted by atomic mass is 10.1. The highest BCUT2D eigenvalue weighted by Crippen LogP contribution is 2.20. The van der Waals surface area contributed by atoms with Gasteiger partial charge in [0.05, 0.1) is 6.54 Å². The number of benzene rings is 2. The van der Waals surface area contributed by atoms with E-state index in [2.05, 4.69) is 21.2 Å². The summed E-state index contributed by atoms with van der Waals surface area (Å²) in [5.74, 6) is -0.0295. The minimum atomic E-state index is -0.0295. The molecule has 0 radical (unpaired) electrons. The summed E-state index contributed by atoms with van der Waals surface area (Å²) >= 11 is 15.0. The van der Waals surface area contributed by atoms with Gasteiger partial charge in [0.25, 0.3) is 0 Å². The van der Waals surface area contributed by atoms with Gasteiger partial charge < -0.3 is 5.32 Å². The molecule has 2 rings (SSSR count). The number of ketones is 1. The van der Waals surface area contributed by atoms with Crippen molar-refractivity contribution in [1.29, 1.82) is 0 Å². The van der Waals surface area contributed by atoms with Gasteiger partial charge in [-0.15, -0.1) is 0 Å². The second-order valence-corrected chi connectivity index (χ2v) is 5.73. The molecule has 5 heteroatoms. The Morgan fingerprint density at radius 2 is 1.74 bits per heavy atom. The van der Waals surface area contributed by atoms with Crippen LogP contribution in [0.15, 0.2) is 46.9 Å². The summed E-state index contributed by atoms with van der Waals surface area (Å²) in [5.41, 5.74) is 1.42. The molecule has 0 saturated heterocycles. The first-order valence-corrected chi connectivity index (χ1v) is 7.08. The van der Waals surface area contributed by atoms with Crippen molar-refractivity contribution in [1.82, 2.24) is 0 Å². The van der Waals surface area contributed by atoms with E-state index in [1.165, 1.54) is 0 Å². The van der Waals surface area contributed by atoms with Gasteiger partial charge in [-0.25, -0.2) is 0 Å². The van der Waals surface area contributed by atoms with Crippen LogP contribution in [0.5, 0.6) is 0 Å². The number of rotatable bonds is 4. The predicted octanol–water partition coefficient (Wildman–Crippen LogP) is 5.05. The Hall–Kier alpha value is -1.03. The summed E-state index contributed by atoms with van der Waals surface area (Å²) < 4.78 is 0.787. The van der Waals surface area contributed by atoms with Gasteiger partial charge in [-0.3, -0.25) is 4.79 Å². The van der Waals surface area contributed by atoms with Crippen molar-refractivity contribution in [2.45, 2.75) is 0 Å². The van der Waals surface area contributed by atoms with Crippen LogP contribution < -0.4 is 5.32 Å². The van der Waals surface area contributed by atoms with Gasteiger partial charge in [-0.2, -0.15) is 0 Å². The van der Waals surface area contributed by atoms with E-state index in [1.54, 1.807) is 30.3 Å². The average molecular weight is 359 g/mol. The van der Waals surface area contributed by atoms with E-state index in [-0.39, 0.29) is 12.3 Å². The number of nitrogens with one attached hydrogen (secondary N) is 1. The van der Waals surface area contributed by atoms with Gasteiger partial charge >= 0.3 is 0 Å². The van der Waals surface area contributed by atoms with Crippen molar-refractivity contribution in [3.05, 3.63) is 62.5 Å². The quantitative estimate of drug-likeness (QED) is 0.774. The molecule has 0 fully saturated rings. The highest BCUT2D eigenvalue weighted by Gasteiger charge is 2.07. The fraction of sp³-hybridized carbons (Fsp3) is 0.0714. The molecule has 19 heavy (non-hydrogen) atoms. The van der Waals surface area contributed by atoms with Gasteiger partial charge in [-0.05, 0) is 42.5 Å². The lowest BCUT2D eigenvalue weighted by molar-refractivity contribution is 0.101. The minimum absolute atomic E-state index is 0.0295. The highest BCUT2D eigenvalue weighted by molar-refractivity contribution is 9.10. The molecule has 98 valence electrons. The maximum Gasteiger partial charge on any atom is 0.181 e. The van der Waals surface area contributed by atoms with E-state index < -0.39 is 0 Å². The predicted molar refractivity (Wildman–Crippen MR) is 83.4 cm³/mol. The SMILES string of the molecule is O=C(CNc1ccc(Cl)cc1)c1cc(Cl)cc(Br)c1. The third-order valence-corrected chi connectivity index (χ3v) is 3.41. The molecule has 0 aliphatic rings. The molecule has 2 aromatic rings. The number of Topliss-reactive ketones (excluding diaryl/α,β-unsaturated/α-hetero) is 1. The number of carbonyl (C=O) groups excluding carboxylic acids is 1. The summed E-state index contributed by atoms with van der Waals surface area (Å²) in [4.78, 5) is 12.0. The first-order chi connectivity index (χ1) is 9.04. The molecule has 0 saturated carbocycles. The Bertz CT molecular complexity index is 579. The second kappa shape index (κ2) is 6.42. The van der Waals surface area contributed by atoms with E-state index in [9.17, 15) is 4.79 Å². The van der Waals surface area contributed by atoms with Crippen molar-refractivity contribution in [3.8, 4) is 0 Å². The summed E-state index contributed by atoms with van der Waals surface area (Å²) in [7, 11) is 0. The third kappa shape index (κ3) is 4.23. The Labute approximate surface area is 129 Å². The molecule has 0 unspecified atom stereocenters. The fourth-order valence-corrected chi connectivity index (χ4v) is 2.55. The van der Waals surface area contributed by atoms with Crippen LogP contribution in [0.3, 0.4) is 0 Å². The van der Waals surface area contributed by atoms with E-state index in [1.807, 2.05) is 12.1 Å². The Balaban J connectivity index is 2.03. The van der Waals surface area contributed by atoms with Crippen LogP contribution in [0.25, 0.3) is 0 Å². The monoisotopic (exact) mass is 357 g/mol. The van der Waals surface area contributed by atoms with Gasteiger partial charge in [0.1, 0.15) is 0 Å². The summed E-state index contributed by atoms with van der Waals surface area (Å²) in [6.45, 7) is 0.203. The van der Waals surface area contributed by atoms with Crippen LogP contribution in [0.2, 0.25) is 10.0 Å². The molecule has 2 aromatic carbocycles. The largest absolute Gasteiger partial charge is 0.378 e. The van der Waals surface area contributed by atoms with Crippen molar-refractivity contribution >= 4 is 50.6 Å². The zero-order valence-electron chi connectivity index (χ0n) is 9.79. The molecule has 0 aliphatic carbocycles. The van der Waals surface area contributed by atoms with Crippen molar-refractivity contribution in [2.75, 3.05) is 11.9 Å². The van der Waals surface area contributed by atoms with Gasteiger partial charge in [0.15, 0.2) is 5.78 Å². The molecule has 0 aromatic heterocycles. The maximum atomic E-state index is 12.0. The number of hydrogen-bond acceptors (Lipinski definition) is 2. The number of hydrogen-bond donors (Lipinski definition) is 1. The first kappa shape index (κ1) is 14.4. The van der Waals surface area contributed by atoms with Crippen LogP contribution in [0.1, 0.15) is 10.4 Å². The highest BCUT2D eigenvalue weighted by atomic mass is 79.9. The number of carbonyl (C=O) groups is 1. The van der Waals surface area contributed by atoms with Crippen LogP contribution in [-0.4, -0.2) is 12.3 Å². The Kier molecular flexibility index (Phi) is 4.86. The normalized spacial score (nSPS) is 10.3. The Morgan fingerprint density at radius 3 is 2.37 bits per heavy atom. The van der Waals surface area contributed by atoms with Crippen LogP contribution in [-0.2, 0) is 0 Å². The molecule has 1 N–H and O–H groups in total. The summed E-state index contributed by atoms with van der Waals surface area (Å²) in [6.07, 6.45) is 0. The standard InChI is InChI=1S/C14H10BrCl2NO/c15-10-5-9(6-12(17)7-10)14(19)8-18-13-3-1-11(16)2-4-13/h1-7,18H,8H2. The summed E-state index contributed by atoms with van der Waals surface area (Å²) in [5, 5.41) is 4.24. The third-order valence-electron chi connectivity index (χ3n) is 2.48. The first-order valence-electron chi connectivity index (χ1n) is 5.53. The second-order valence-electron chi connectivity index (χ2n) is 3.94. The minimum Gasteiger partial charge on any atom is -0.378 e. The lowest BCUT2D eigenvalue weighted by Gasteiger charge is -2.06. The van der Waals surface area contributed by atoms with Gasteiger partial charge in [-0.1, -0.05) is 39.1 Å². The Morgan fingerprint density at radius 1 is 1.05 bits per heavy atom. The van der Waals surface area contributed by atoms with E-state index in [4.69, 9.17) is 23.2 Å². The van der Waals surface area contributed by atoms with Crippen LogP contribution in [0.4, 0.5) is 5.69 Å². The lowest BCUT2D eigenvalue weighted by Crippen LogP contribution is -2.13. The topological polar surface area (TPSA) is 29.1 Å². The van der Waals surface area contributed by atoms with Crippen molar-refractivity contribution in [3.63, 3.8) is 0 Å². The van der Waals surface area contributed by atoms with Gasteiger partial charge in [0.2, 0.25) is 0 Å². The number of anilines is 1. The number of halogens is 3. The molecule has 0 heterocycles. The zero-order chi connectivity index (χ0) is 13.8. The zero-order valence-corrected chi connectivity index (χ0v) is 12.9. The van der Waals surface area contributed by atoms with E-state index in [0.29, 0.717) is 15.6 Å². The molecule has 2 nitrogen and oxygen atoms in total. The van der Waals surface area contributed by atoms with Crippen LogP contribution in [0, 0.1) is 0 Å². The van der Waals surface area contributed by atoms with Gasteiger partial charge in [0, 0.05) is 25.8 Å². The van der Waals surface area contributed by atoms with E-state index in [0.717, 1.165) is 10.2 Å². The smallest absolute Gasteiger partial charge is 0.181 e. The van der Waals surface area contributed by atoms with Crippen molar-refractivity contribution in [2.24, 2.45) is 0 Å². The maximum absolute atomic E-state index is 12.0. The molecule has 0 aliphatic heterocycles.